The third-order valence-electron chi connectivity index (χ3n) is 1.63. The van der Waals surface area contributed by atoms with E-state index in [0.29, 0.717) is 4.90 Å². The monoisotopic (exact) mass is 185 g/mol. The van der Waals surface area contributed by atoms with Crippen LogP contribution < -0.4 is 5.48 Å². The summed E-state index contributed by atoms with van der Waals surface area (Å²) >= 11 is -1.94. The molecule has 2 unspecified atom stereocenters. The van der Waals surface area contributed by atoms with Gasteiger partial charge in [0.1, 0.15) is 0 Å². The second-order valence-electron chi connectivity index (χ2n) is 2.40. The molecule has 2 atom stereocenters. The first-order valence-electron chi connectivity index (χ1n) is 3.40. The Bertz CT molecular complexity index is 324. The molecule has 0 saturated carbocycles. The van der Waals surface area contributed by atoms with Crippen molar-refractivity contribution < 1.29 is 13.6 Å². The van der Waals surface area contributed by atoms with Crippen LogP contribution >= 0.6 is 0 Å². The lowest BCUT2D eigenvalue weighted by atomic mass is 10.2. The van der Waals surface area contributed by atoms with Gasteiger partial charge in [0.2, 0.25) is 0 Å². The van der Waals surface area contributed by atoms with E-state index in [2.05, 4.69) is 5.48 Å². The Morgan fingerprint density at radius 2 is 2.17 bits per heavy atom. The number of nitrogens with one attached hydrogen (secondary N) is 1. The van der Waals surface area contributed by atoms with Crippen LogP contribution in [0.5, 0.6) is 0 Å². The van der Waals surface area contributed by atoms with E-state index in [-0.39, 0.29) is 6.23 Å². The van der Waals surface area contributed by atoms with E-state index in [4.69, 9.17) is 9.39 Å². The van der Waals surface area contributed by atoms with Gasteiger partial charge in [-0.2, -0.15) is 5.48 Å². The average Bonchev–Trinajstić information content (AvgIpc) is 2.87. The molecule has 0 spiro atoms. The van der Waals surface area contributed by atoms with Gasteiger partial charge in [-0.3, -0.25) is 4.84 Å². The Balaban J connectivity index is 2.43. The van der Waals surface area contributed by atoms with Crippen LogP contribution in [0, 0.1) is 0 Å². The lowest BCUT2D eigenvalue weighted by molar-refractivity contribution is 0.372. The molecular weight excluding hydrogens is 178 g/mol. The Labute approximate surface area is 71.8 Å². The fourth-order valence-corrected chi connectivity index (χ4v) is 1.59. The van der Waals surface area contributed by atoms with Crippen LogP contribution in [0.1, 0.15) is 11.8 Å². The third kappa shape index (κ3) is 1.39. The minimum Gasteiger partial charge on any atom is -0.302 e. The Morgan fingerprint density at radius 3 is 2.75 bits per heavy atom. The molecule has 1 aromatic rings. The predicted octanol–water partition coefficient (Wildman–Crippen LogP) is 0.801. The van der Waals surface area contributed by atoms with Crippen LogP contribution in [-0.2, 0) is 15.9 Å². The third-order valence-corrected chi connectivity index (χ3v) is 2.37. The van der Waals surface area contributed by atoms with E-state index in [1.807, 2.05) is 0 Å². The van der Waals surface area contributed by atoms with Crippen LogP contribution in [0.3, 0.4) is 0 Å². The fraction of sp³-hybridized carbons (Fsp3) is 0.143. The summed E-state index contributed by atoms with van der Waals surface area (Å²) in [5, 5.41) is 0. The average molecular weight is 185 g/mol. The summed E-state index contributed by atoms with van der Waals surface area (Å²) in [6, 6.07) is 6.88. The molecule has 1 aliphatic heterocycles. The minimum absolute atomic E-state index is 0.211. The van der Waals surface area contributed by atoms with Gasteiger partial charge in [0.25, 0.3) is 0 Å². The van der Waals surface area contributed by atoms with Gasteiger partial charge in [0.15, 0.2) is 17.3 Å². The molecule has 1 heterocycles. The second-order valence-corrected chi connectivity index (χ2v) is 3.34. The zero-order valence-electron chi connectivity index (χ0n) is 6.06. The molecule has 64 valence electrons. The normalized spacial score (nSPS) is 23.6. The molecule has 0 radical (unpaired) electrons. The van der Waals surface area contributed by atoms with Gasteiger partial charge in [-0.1, -0.05) is 18.2 Å². The Morgan fingerprint density at radius 1 is 1.50 bits per heavy atom. The topological polar surface area (TPSA) is 71.8 Å². The van der Waals surface area contributed by atoms with Crippen molar-refractivity contribution in [3.05, 3.63) is 29.8 Å². The molecule has 1 aliphatic rings. The lowest BCUT2D eigenvalue weighted by Crippen LogP contribution is -1.95. The standard InChI is InChI=1S/C7H7NO3S/c9-12(10)6-4-2-1-3-5(6)7-8-11-7/h1-4,7-8H,(H,9,10). The molecule has 0 aliphatic carbocycles. The molecular formula is C7H7NO3S. The quantitative estimate of drug-likeness (QED) is 0.528. The van der Waals surface area contributed by atoms with Gasteiger partial charge in [-0.05, 0) is 6.07 Å². The number of benzene rings is 1. The molecule has 4 nitrogen and oxygen atoms in total. The van der Waals surface area contributed by atoms with Crippen LogP contribution in [0.2, 0.25) is 0 Å². The molecule has 12 heavy (non-hydrogen) atoms. The summed E-state index contributed by atoms with van der Waals surface area (Å²) in [5.74, 6) is 0. The van der Waals surface area contributed by atoms with Crippen LogP contribution in [0.25, 0.3) is 0 Å². The fourth-order valence-electron chi connectivity index (χ4n) is 1.02. The zero-order chi connectivity index (χ0) is 8.55. The molecule has 1 fully saturated rings. The zero-order valence-corrected chi connectivity index (χ0v) is 6.88. The van der Waals surface area contributed by atoms with Gasteiger partial charge >= 0.3 is 0 Å². The van der Waals surface area contributed by atoms with Crippen LogP contribution in [-0.4, -0.2) is 8.76 Å². The van der Waals surface area contributed by atoms with Crippen molar-refractivity contribution in [2.24, 2.45) is 0 Å². The van der Waals surface area contributed by atoms with Crippen LogP contribution in [0.4, 0.5) is 0 Å². The molecule has 0 amide bonds. The maximum absolute atomic E-state index is 10.8. The molecule has 0 bridgehead atoms. The van der Waals surface area contributed by atoms with Gasteiger partial charge < -0.3 is 4.55 Å². The van der Waals surface area contributed by atoms with Crippen molar-refractivity contribution in [2.45, 2.75) is 11.1 Å². The molecule has 2 N–H and O–H groups in total. The summed E-state index contributed by atoms with van der Waals surface area (Å²) in [5.41, 5.74) is 3.32. The molecule has 2 rings (SSSR count). The number of hydrogen-bond acceptors (Lipinski definition) is 3. The van der Waals surface area contributed by atoms with E-state index >= 15 is 0 Å². The van der Waals surface area contributed by atoms with Crippen molar-refractivity contribution in [3.8, 4) is 0 Å². The summed E-state index contributed by atoms with van der Waals surface area (Å²) in [4.78, 5) is 5.19. The van der Waals surface area contributed by atoms with E-state index in [1.165, 1.54) is 0 Å². The summed E-state index contributed by atoms with van der Waals surface area (Å²) in [6.45, 7) is 0. The smallest absolute Gasteiger partial charge is 0.186 e. The van der Waals surface area contributed by atoms with Crippen molar-refractivity contribution in [1.29, 1.82) is 0 Å². The summed E-state index contributed by atoms with van der Waals surface area (Å²) < 4.78 is 19.7. The molecule has 1 saturated heterocycles. The highest BCUT2D eigenvalue weighted by atomic mass is 32.2. The van der Waals surface area contributed by atoms with Crippen molar-refractivity contribution in [2.75, 3.05) is 0 Å². The summed E-state index contributed by atoms with van der Waals surface area (Å²) in [6.07, 6.45) is -0.211. The van der Waals surface area contributed by atoms with Crippen LogP contribution in [0.15, 0.2) is 29.2 Å². The maximum atomic E-state index is 10.8. The number of rotatable bonds is 2. The molecule has 5 heteroatoms. The SMILES string of the molecule is O=S(O)c1ccccc1C1NO1. The minimum atomic E-state index is -1.94. The predicted molar refractivity (Wildman–Crippen MR) is 42.4 cm³/mol. The highest BCUT2D eigenvalue weighted by Gasteiger charge is 2.28. The Kier molecular flexibility index (Phi) is 1.93. The van der Waals surface area contributed by atoms with E-state index in [0.717, 1.165) is 5.56 Å². The first-order valence-corrected chi connectivity index (χ1v) is 4.50. The maximum Gasteiger partial charge on any atom is 0.186 e. The van der Waals surface area contributed by atoms with Crippen molar-refractivity contribution in [1.82, 2.24) is 5.48 Å². The van der Waals surface area contributed by atoms with Gasteiger partial charge in [-0.15, -0.1) is 0 Å². The highest BCUT2D eigenvalue weighted by molar-refractivity contribution is 7.79. The number of hydrogen-bond donors (Lipinski definition) is 2. The largest absolute Gasteiger partial charge is 0.302 e. The van der Waals surface area contributed by atoms with Crippen molar-refractivity contribution >= 4 is 11.1 Å². The Hall–Kier alpha value is -0.750. The number of hydroxylamine groups is 1. The summed E-state index contributed by atoms with van der Waals surface area (Å²) in [7, 11) is 0. The van der Waals surface area contributed by atoms with Crippen molar-refractivity contribution in [3.63, 3.8) is 0 Å². The van der Waals surface area contributed by atoms with E-state index < -0.39 is 11.1 Å². The first-order chi connectivity index (χ1) is 5.79. The van der Waals surface area contributed by atoms with E-state index in [1.54, 1.807) is 24.3 Å². The first kappa shape index (κ1) is 7.88. The molecule has 0 aromatic heterocycles. The lowest BCUT2D eigenvalue weighted by Gasteiger charge is -1.99. The molecule has 1 aromatic carbocycles. The van der Waals surface area contributed by atoms with Gasteiger partial charge in [-0.25, -0.2) is 4.21 Å². The van der Waals surface area contributed by atoms with E-state index in [9.17, 15) is 4.21 Å². The second kappa shape index (κ2) is 2.95. The van der Waals surface area contributed by atoms with Gasteiger partial charge in [0, 0.05) is 5.56 Å². The van der Waals surface area contributed by atoms with Gasteiger partial charge in [0.05, 0.1) is 4.90 Å². The highest BCUT2D eigenvalue weighted by Crippen LogP contribution is 2.27.